The van der Waals surface area contributed by atoms with Crippen LogP contribution in [0.1, 0.15) is 31.4 Å². The highest BCUT2D eigenvalue weighted by Gasteiger charge is 2.75. The minimum absolute atomic E-state index is 0.130. The number of nitrogens with one attached hydrogen (secondary N) is 1. The van der Waals surface area contributed by atoms with Crippen molar-refractivity contribution in [3.63, 3.8) is 0 Å². The lowest BCUT2D eigenvalue weighted by atomic mass is 9.74. The van der Waals surface area contributed by atoms with Crippen molar-refractivity contribution in [2.45, 2.75) is 49.7 Å². The second-order valence-corrected chi connectivity index (χ2v) is 13.0. The average Bonchev–Trinajstić information content (AvgIpc) is 3.61. The fourth-order valence-electron chi connectivity index (χ4n) is 6.92. The maximum atomic E-state index is 14.6. The predicted molar refractivity (Wildman–Crippen MR) is 169 cm³/mol. The molecule has 0 aromatic heterocycles. The molecule has 5 bridgehead atoms. The smallest absolute Gasteiger partial charge is 0.313 e. The Morgan fingerprint density at radius 3 is 2.47 bits per heavy atom. The molecule has 3 amide bonds. The van der Waals surface area contributed by atoms with Gasteiger partial charge >= 0.3 is 5.97 Å². The van der Waals surface area contributed by atoms with Gasteiger partial charge in [0.05, 0.1) is 18.6 Å². The number of likely N-dealkylation sites (tertiary alicyclic amines) is 1. The van der Waals surface area contributed by atoms with Crippen LogP contribution in [0.3, 0.4) is 0 Å². The van der Waals surface area contributed by atoms with Crippen molar-refractivity contribution in [3.05, 3.63) is 87.9 Å². The predicted octanol–water partition coefficient (Wildman–Crippen LogP) is 3.68. The van der Waals surface area contributed by atoms with Gasteiger partial charge in [0.2, 0.25) is 11.8 Å². The summed E-state index contributed by atoms with van der Waals surface area (Å²) in [5.41, 5.74) is -0.274. The van der Waals surface area contributed by atoms with Crippen molar-refractivity contribution >= 4 is 56.9 Å². The van der Waals surface area contributed by atoms with Crippen LogP contribution in [-0.2, 0) is 28.7 Å². The number of halogens is 2. The second kappa shape index (κ2) is 12.7. The van der Waals surface area contributed by atoms with E-state index in [9.17, 15) is 24.3 Å². The summed E-state index contributed by atoms with van der Waals surface area (Å²) in [6.07, 6.45) is 4.22. The molecule has 236 valence electrons. The van der Waals surface area contributed by atoms with Gasteiger partial charge in [-0.2, -0.15) is 0 Å². The average molecular weight is 699 g/mol. The Kier molecular flexibility index (Phi) is 8.89. The number of carbonyl (C=O) groups is 4. The number of β-amino-alcohol motifs (C(OH)–C–C–N with tert-alkyl or cyclic N) is 1. The largest absolute Gasteiger partial charge is 0.455 e. The first kappa shape index (κ1) is 31.5. The number of cyclic esters (lactones) is 1. The summed E-state index contributed by atoms with van der Waals surface area (Å²) in [7, 11) is 0. The van der Waals surface area contributed by atoms with E-state index >= 15 is 0 Å². The highest BCUT2D eigenvalue weighted by molar-refractivity contribution is 9.11. The van der Waals surface area contributed by atoms with E-state index in [0.29, 0.717) is 27.2 Å². The lowest BCUT2D eigenvalue weighted by molar-refractivity contribution is -0.161. The number of hydrogen-bond acceptors (Lipinski definition) is 7. The monoisotopic (exact) mass is 697 g/mol. The van der Waals surface area contributed by atoms with Crippen LogP contribution in [0.2, 0.25) is 5.02 Å². The van der Waals surface area contributed by atoms with Crippen LogP contribution in [0.5, 0.6) is 0 Å². The van der Waals surface area contributed by atoms with Gasteiger partial charge < -0.3 is 29.7 Å². The molecule has 2 fully saturated rings. The van der Waals surface area contributed by atoms with E-state index in [2.05, 4.69) is 21.2 Å². The van der Waals surface area contributed by atoms with Crippen molar-refractivity contribution in [1.29, 1.82) is 0 Å². The molecule has 2 N–H and O–H groups in total. The molecule has 0 aliphatic carbocycles. The Morgan fingerprint density at radius 1 is 1.02 bits per heavy atom. The van der Waals surface area contributed by atoms with Gasteiger partial charge in [0.1, 0.15) is 29.8 Å². The zero-order valence-electron chi connectivity index (χ0n) is 24.5. The summed E-state index contributed by atoms with van der Waals surface area (Å²) in [5.74, 6) is -3.98. The second-order valence-electron chi connectivity index (χ2n) is 11.6. The first-order valence-corrected chi connectivity index (χ1v) is 16.1. The number of rotatable bonds is 4. The van der Waals surface area contributed by atoms with Gasteiger partial charge in [0.25, 0.3) is 5.91 Å². The molecular weight excluding hydrogens is 666 g/mol. The maximum absolute atomic E-state index is 14.6. The van der Waals surface area contributed by atoms with Crippen molar-refractivity contribution in [3.8, 4) is 0 Å². The molecule has 0 unspecified atom stereocenters. The van der Waals surface area contributed by atoms with Crippen LogP contribution in [0.15, 0.2) is 77.3 Å². The molecule has 10 nitrogen and oxygen atoms in total. The van der Waals surface area contributed by atoms with Gasteiger partial charge in [0.15, 0.2) is 0 Å². The summed E-state index contributed by atoms with van der Waals surface area (Å²) in [4.78, 5) is 58.7. The first-order valence-electron chi connectivity index (χ1n) is 14.9. The number of anilines is 1. The number of fused-ring (bicyclic) bond motifs is 2. The SMILES string of the molecule is C[C@H]1NC(=O)CC/C=C\CN(c2ccc(Cl)cc2)C(=O)[C@@H]2N(CCO)C(=O)[C@H]3[C@H](C(=O)O[C@@H]1c1ccccc1)[C@H]1O[C@@]23C=C1Br. The molecule has 2 aromatic rings. The molecule has 7 atom stereocenters. The van der Waals surface area contributed by atoms with Crippen molar-refractivity contribution in [1.82, 2.24) is 10.2 Å². The minimum atomic E-state index is -1.49. The van der Waals surface area contributed by atoms with Crippen molar-refractivity contribution in [2.24, 2.45) is 11.8 Å². The molecule has 4 aliphatic heterocycles. The highest BCUT2D eigenvalue weighted by Crippen LogP contribution is 2.59. The van der Waals surface area contributed by atoms with E-state index in [4.69, 9.17) is 21.1 Å². The molecule has 1 spiro atoms. The number of amides is 3. The van der Waals surface area contributed by atoms with Gasteiger partial charge in [-0.3, -0.25) is 19.2 Å². The van der Waals surface area contributed by atoms with Crippen molar-refractivity contribution in [2.75, 3.05) is 24.6 Å². The fourth-order valence-corrected chi connectivity index (χ4v) is 7.79. The van der Waals surface area contributed by atoms with Gasteiger partial charge in [-0.15, -0.1) is 0 Å². The molecule has 2 saturated heterocycles. The first-order chi connectivity index (χ1) is 21.7. The molecule has 0 saturated carbocycles. The Bertz CT molecular complexity index is 1550. The number of aliphatic hydroxyl groups excluding tert-OH is 1. The highest BCUT2D eigenvalue weighted by atomic mass is 79.9. The quantitative estimate of drug-likeness (QED) is 0.369. The number of hydrogen-bond donors (Lipinski definition) is 2. The number of carbonyl (C=O) groups excluding carboxylic acids is 4. The number of allylic oxidation sites excluding steroid dienone is 1. The number of esters is 1. The van der Waals surface area contributed by atoms with Crippen LogP contribution >= 0.6 is 27.5 Å². The normalized spacial score (nSPS) is 32.7. The molecule has 4 heterocycles. The zero-order valence-corrected chi connectivity index (χ0v) is 26.8. The fraction of sp³-hybridized carbons (Fsp3) is 0.394. The van der Waals surface area contributed by atoms with Gasteiger partial charge in [0, 0.05) is 34.7 Å². The van der Waals surface area contributed by atoms with Gasteiger partial charge in [-0.1, -0.05) is 70.0 Å². The summed E-state index contributed by atoms with van der Waals surface area (Å²) in [6, 6.07) is 14.1. The van der Waals surface area contributed by atoms with Gasteiger partial charge in [-0.25, -0.2) is 0 Å². The third-order valence-electron chi connectivity index (χ3n) is 8.88. The van der Waals surface area contributed by atoms with E-state index in [0.717, 1.165) is 0 Å². The lowest BCUT2D eigenvalue weighted by Gasteiger charge is -2.35. The Balaban J connectivity index is 1.46. The van der Waals surface area contributed by atoms with Crippen LogP contribution in [0.25, 0.3) is 0 Å². The van der Waals surface area contributed by atoms with E-state index < -0.39 is 66.1 Å². The zero-order chi connectivity index (χ0) is 31.9. The molecule has 45 heavy (non-hydrogen) atoms. The van der Waals surface area contributed by atoms with Crippen molar-refractivity contribution < 1.29 is 33.8 Å². The Morgan fingerprint density at radius 2 is 1.76 bits per heavy atom. The number of nitrogens with zero attached hydrogens (tertiary/aromatic N) is 2. The number of ether oxygens (including phenoxy) is 2. The van der Waals surface area contributed by atoms with E-state index in [1.807, 2.05) is 36.4 Å². The van der Waals surface area contributed by atoms with Gasteiger partial charge in [-0.05, 0) is 49.2 Å². The summed E-state index contributed by atoms with van der Waals surface area (Å²) in [5, 5.41) is 13.4. The molecule has 6 rings (SSSR count). The summed E-state index contributed by atoms with van der Waals surface area (Å²) in [6.45, 7) is 1.38. The topological polar surface area (TPSA) is 125 Å². The van der Waals surface area contributed by atoms with E-state index in [-0.39, 0.29) is 25.4 Å². The van der Waals surface area contributed by atoms with Crippen LogP contribution < -0.4 is 10.2 Å². The molecule has 2 aromatic carbocycles. The molecule has 12 heteroatoms. The minimum Gasteiger partial charge on any atom is -0.455 e. The third kappa shape index (κ3) is 5.60. The van der Waals surface area contributed by atoms with E-state index in [1.165, 1.54) is 9.80 Å². The maximum Gasteiger partial charge on any atom is 0.313 e. The Hall–Kier alpha value is -3.51. The van der Waals surface area contributed by atoms with Crippen LogP contribution in [0, 0.1) is 11.8 Å². The summed E-state index contributed by atoms with van der Waals surface area (Å²) < 4.78 is 13.2. The standard InChI is InChI=1S/C33H33BrClN3O7/c1-19-27(20-8-4-2-5-9-20)44-32(43)25-26-30(41)38(16-17-39)29(33(26)18-23(34)28(25)45-33)31(42)37(22-13-11-21(35)12-14-22)15-7-3-6-10-24(40)36-19/h2-5,7-9,11-14,18-19,25-29,39H,6,10,15-17H2,1H3,(H,36,40)/b7-3-/t19-,25+,26-,27+,28+,29+,33-/m1/s1. The molecule has 4 aliphatic rings. The Labute approximate surface area is 274 Å². The molecular formula is C33H33BrClN3O7. The van der Waals surface area contributed by atoms with Crippen LogP contribution in [-0.4, -0.2) is 77.2 Å². The number of aliphatic hydroxyl groups is 1. The third-order valence-corrected chi connectivity index (χ3v) is 9.82. The molecule has 0 radical (unpaired) electrons. The summed E-state index contributed by atoms with van der Waals surface area (Å²) >= 11 is 9.69. The number of benzene rings is 2. The van der Waals surface area contributed by atoms with Crippen LogP contribution in [0.4, 0.5) is 5.69 Å². The lowest BCUT2D eigenvalue weighted by Crippen LogP contribution is -2.56. The van der Waals surface area contributed by atoms with E-state index in [1.54, 1.807) is 43.3 Å².